The number of piperidine rings is 1. The van der Waals surface area contributed by atoms with E-state index in [2.05, 4.69) is 4.98 Å². The number of aromatic nitrogens is 1. The highest BCUT2D eigenvalue weighted by Crippen LogP contribution is 2.27. The maximum Gasteiger partial charge on any atom is 0.254 e. The lowest BCUT2D eigenvalue weighted by molar-refractivity contribution is 0.0581. The predicted octanol–water partition coefficient (Wildman–Crippen LogP) is 5.21. The SMILES string of the molecule is O=C(c1ccccc1-c1ccccn1)N1CCCCC1CCOc1ccccc1. The van der Waals surface area contributed by atoms with Gasteiger partial charge in [0.15, 0.2) is 0 Å². The molecule has 148 valence electrons. The Hall–Kier alpha value is -3.14. The van der Waals surface area contributed by atoms with Crippen LogP contribution in [0.15, 0.2) is 79.0 Å². The van der Waals surface area contributed by atoms with Crippen molar-refractivity contribution in [3.05, 3.63) is 84.6 Å². The number of likely N-dealkylation sites (tertiary alicyclic amines) is 1. The van der Waals surface area contributed by atoms with Crippen LogP contribution in [0.25, 0.3) is 11.3 Å². The average molecular weight is 386 g/mol. The van der Waals surface area contributed by atoms with Crippen LogP contribution in [0, 0.1) is 0 Å². The zero-order valence-electron chi connectivity index (χ0n) is 16.5. The predicted molar refractivity (Wildman–Crippen MR) is 115 cm³/mol. The van der Waals surface area contributed by atoms with Crippen LogP contribution >= 0.6 is 0 Å². The zero-order valence-corrected chi connectivity index (χ0v) is 16.5. The fourth-order valence-electron chi connectivity index (χ4n) is 3.97. The van der Waals surface area contributed by atoms with Gasteiger partial charge in [-0.2, -0.15) is 0 Å². The van der Waals surface area contributed by atoms with Crippen molar-refractivity contribution < 1.29 is 9.53 Å². The molecule has 1 aliphatic heterocycles. The van der Waals surface area contributed by atoms with E-state index in [4.69, 9.17) is 4.74 Å². The standard InChI is InChI=1S/C25H26N2O2/c28-25(23-14-5-4-13-22(23)24-15-6-8-17-26-24)27-18-9-7-10-20(27)16-19-29-21-11-2-1-3-12-21/h1-6,8,11-15,17,20H,7,9-10,16,18-19H2. The number of rotatable bonds is 6. The van der Waals surface area contributed by atoms with Crippen LogP contribution in [0.5, 0.6) is 5.75 Å². The highest BCUT2D eigenvalue weighted by atomic mass is 16.5. The molecular weight excluding hydrogens is 360 g/mol. The molecule has 3 aromatic rings. The molecule has 1 saturated heterocycles. The van der Waals surface area contributed by atoms with Gasteiger partial charge >= 0.3 is 0 Å². The van der Waals surface area contributed by atoms with Crippen molar-refractivity contribution in [3.8, 4) is 17.0 Å². The summed E-state index contributed by atoms with van der Waals surface area (Å²) in [4.78, 5) is 20.0. The molecule has 29 heavy (non-hydrogen) atoms. The Morgan fingerprint density at radius 3 is 2.59 bits per heavy atom. The molecule has 0 aliphatic carbocycles. The Balaban J connectivity index is 1.49. The Morgan fingerprint density at radius 1 is 0.966 bits per heavy atom. The van der Waals surface area contributed by atoms with E-state index in [-0.39, 0.29) is 11.9 Å². The Labute approximate surface area is 172 Å². The molecule has 0 saturated carbocycles. The van der Waals surface area contributed by atoms with Gasteiger partial charge in [0.05, 0.1) is 12.3 Å². The van der Waals surface area contributed by atoms with Gasteiger partial charge in [0, 0.05) is 36.3 Å². The number of hydrogen-bond donors (Lipinski definition) is 0. The summed E-state index contributed by atoms with van der Waals surface area (Å²) in [6, 6.07) is 23.6. The van der Waals surface area contributed by atoms with E-state index in [1.165, 1.54) is 0 Å². The van der Waals surface area contributed by atoms with Crippen molar-refractivity contribution in [3.63, 3.8) is 0 Å². The van der Waals surface area contributed by atoms with Crippen LogP contribution in [0.1, 0.15) is 36.0 Å². The molecule has 0 bridgehead atoms. The summed E-state index contributed by atoms with van der Waals surface area (Å²) < 4.78 is 5.89. The van der Waals surface area contributed by atoms with Gasteiger partial charge in [0.1, 0.15) is 5.75 Å². The Bertz CT molecular complexity index is 928. The van der Waals surface area contributed by atoms with Gasteiger partial charge in [0.25, 0.3) is 5.91 Å². The van der Waals surface area contributed by atoms with Crippen molar-refractivity contribution >= 4 is 5.91 Å². The third-order valence-corrected chi connectivity index (χ3v) is 5.45. The third kappa shape index (κ3) is 4.65. The number of para-hydroxylation sites is 1. The number of hydrogen-bond acceptors (Lipinski definition) is 3. The first kappa shape index (κ1) is 19.2. The number of ether oxygens (including phenoxy) is 1. The molecule has 1 atom stereocenters. The maximum atomic E-state index is 13.5. The fourth-order valence-corrected chi connectivity index (χ4v) is 3.97. The Morgan fingerprint density at radius 2 is 1.76 bits per heavy atom. The molecule has 1 fully saturated rings. The van der Waals surface area contributed by atoms with E-state index < -0.39 is 0 Å². The van der Waals surface area contributed by atoms with Gasteiger partial charge in [-0.05, 0) is 49.6 Å². The molecular formula is C25H26N2O2. The number of amides is 1. The number of nitrogens with zero attached hydrogens (tertiary/aromatic N) is 2. The highest BCUT2D eigenvalue weighted by molar-refractivity contribution is 6.00. The summed E-state index contributed by atoms with van der Waals surface area (Å²) in [5.41, 5.74) is 2.45. The minimum Gasteiger partial charge on any atom is -0.494 e. The lowest BCUT2D eigenvalue weighted by Crippen LogP contribution is -2.44. The van der Waals surface area contributed by atoms with E-state index in [0.717, 1.165) is 54.8 Å². The minimum atomic E-state index is 0.0932. The number of benzene rings is 2. The topological polar surface area (TPSA) is 42.4 Å². The fraction of sp³-hybridized carbons (Fsp3) is 0.280. The largest absolute Gasteiger partial charge is 0.494 e. The van der Waals surface area contributed by atoms with Crippen LogP contribution in [-0.2, 0) is 0 Å². The van der Waals surface area contributed by atoms with Gasteiger partial charge in [-0.1, -0.05) is 42.5 Å². The van der Waals surface area contributed by atoms with Crippen molar-refractivity contribution in [1.29, 1.82) is 0 Å². The average Bonchev–Trinajstić information content (AvgIpc) is 2.80. The molecule has 0 radical (unpaired) electrons. The molecule has 4 nitrogen and oxygen atoms in total. The molecule has 4 rings (SSSR count). The lowest BCUT2D eigenvalue weighted by atomic mass is 9.96. The number of carbonyl (C=O) groups excluding carboxylic acids is 1. The Kier molecular flexibility index (Phi) is 6.20. The summed E-state index contributed by atoms with van der Waals surface area (Å²) in [5.74, 6) is 0.970. The van der Waals surface area contributed by atoms with Gasteiger partial charge < -0.3 is 9.64 Å². The molecule has 1 aliphatic rings. The van der Waals surface area contributed by atoms with E-state index in [1.54, 1.807) is 6.20 Å². The van der Waals surface area contributed by atoms with Gasteiger partial charge in [-0.25, -0.2) is 0 Å². The lowest BCUT2D eigenvalue weighted by Gasteiger charge is -2.36. The quantitative estimate of drug-likeness (QED) is 0.584. The molecule has 1 amide bonds. The molecule has 2 aromatic carbocycles. The van der Waals surface area contributed by atoms with Crippen LogP contribution in [0.2, 0.25) is 0 Å². The van der Waals surface area contributed by atoms with Gasteiger partial charge in [-0.3, -0.25) is 9.78 Å². The molecule has 0 N–H and O–H groups in total. The van der Waals surface area contributed by atoms with Gasteiger partial charge in [-0.15, -0.1) is 0 Å². The van der Waals surface area contributed by atoms with E-state index >= 15 is 0 Å². The molecule has 2 heterocycles. The second kappa shape index (κ2) is 9.37. The smallest absolute Gasteiger partial charge is 0.254 e. The van der Waals surface area contributed by atoms with Crippen LogP contribution in [0.4, 0.5) is 0 Å². The summed E-state index contributed by atoms with van der Waals surface area (Å²) >= 11 is 0. The first-order valence-electron chi connectivity index (χ1n) is 10.3. The van der Waals surface area contributed by atoms with Crippen molar-refractivity contribution in [2.24, 2.45) is 0 Å². The zero-order chi connectivity index (χ0) is 19.9. The van der Waals surface area contributed by atoms with Crippen LogP contribution in [0.3, 0.4) is 0 Å². The minimum absolute atomic E-state index is 0.0932. The van der Waals surface area contributed by atoms with E-state index in [9.17, 15) is 4.79 Å². The van der Waals surface area contributed by atoms with Crippen molar-refractivity contribution in [2.75, 3.05) is 13.2 Å². The summed E-state index contributed by atoms with van der Waals surface area (Å²) in [6.07, 6.45) is 5.83. The number of carbonyl (C=O) groups is 1. The van der Waals surface area contributed by atoms with Crippen molar-refractivity contribution in [1.82, 2.24) is 9.88 Å². The first-order chi connectivity index (χ1) is 14.3. The summed E-state index contributed by atoms with van der Waals surface area (Å²) in [6.45, 7) is 1.41. The van der Waals surface area contributed by atoms with Crippen molar-refractivity contribution in [2.45, 2.75) is 31.7 Å². The highest BCUT2D eigenvalue weighted by Gasteiger charge is 2.28. The van der Waals surface area contributed by atoms with E-state index in [1.807, 2.05) is 77.7 Å². The molecule has 1 aromatic heterocycles. The molecule has 0 spiro atoms. The normalized spacial score (nSPS) is 16.4. The van der Waals surface area contributed by atoms with E-state index in [0.29, 0.717) is 6.61 Å². The molecule has 1 unspecified atom stereocenters. The maximum absolute atomic E-state index is 13.5. The summed E-state index contributed by atoms with van der Waals surface area (Å²) in [5, 5.41) is 0. The number of pyridine rings is 1. The second-order valence-electron chi connectivity index (χ2n) is 7.36. The van der Waals surface area contributed by atoms with Gasteiger partial charge in [0.2, 0.25) is 0 Å². The molecule has 4 heteroatoms. The van der Waals surface area contributed by atoms with Crippen LogP contribution < -0.4 is 4.74 Å². The summed E-state index contributed by atoms with van der Waals surface area (Å²) in [7, 11) is 0. The monoisotopic (exact) mass is 386 g/mol. The first-order valence-corrected chi connectivity index (χ1v) is 10.3. The van der Waals surface area contributed by atoms with Crippen LogP contribution in [-0.4, -0.2) is 35.0 Å². The second-order valence-corrected chi connectivity index (χ2v) is 7.36. The third-order valence-electron chi connectivity index (χ3n) is 5.45.